The monoisotopic (exact) mass is 255 g/mol. The van der Waals surface area contributed by atoms with Gasteiger partial charge in [-0.3, -0.25) is 0 Å². The molecule has 0 spiro atoms. The zero-order valence-corrected chi connectivity index (χ0v) is 7.31. The normalized spacial score (nSPS) is 14.3. The molecule has 0 amide bonds. The van der Waals surface area contributed by atoms with Gasteiger partial charge in [0, 0.05) is 4.47 Å². The highest BCUT2D eigenvalue weighted by molar-refractivity contribution is 9.11. The zero-order chi connectivity index (χ0) is 9.46. The Balaban J connectivity index is 3.60. The fraction of sp³-hybridized carbons (Fsp3) is 0. The van der Waals surface area contributed by atoms with Crippen LogP contribution in [0.1, 0.15) is 4.11 Å². The highest BCUT2D eigenvalue weighted by atomic mass is 79.9. The fourth-order valence-corrected chi connectivity index (χ4v) is 1.21. The average Bonchev–Trinajstić information content (AvgIpc) is 2.08. The Morgan fingerprint density at radius 3 is 2.78 bits per heavy atom. The van der Waals surface area contributed by atoms with Crippen LogP contribution < -0.4 is 0 Å². The molecule has 0 N–H and O–H groups in total. The molecule has 0 atom stereocenters. The lowest BCUT2D eigenvalue weighted by Gasteiger charge is -1.92. The van der Waals surface area contributed by atoms with E-state index in [0.29, 0.717) is 0 Å². The first-order valence-electron chi connectivity index (χ1n) is 3.57. The molecule has 1 aromatic rings. The summed E-state index contributed by atoms with van der Waals surface area (Å²) in [7, 11) is 0. The van der Waals surface area contributed by atoms with Crippen molar-refractivity contribution in [1.29, 1.82) is 0 Å². The lowest BCUT2D eigenvalue weighted by molar-refractivity contribution is 0.621. The van der Waals surface area contributed by atoms with Crippen molar-refractivity contribution >= 4 is 31.9 Å². The van der Waals surface area contributed by atoms with Gasteiger partial charge in [0.15, 0.2) is 0 Å². The lowest BCUT2D eigenvalue weighted by Crippen LogP contribution is -1.73. The summed E-state index contributed by atoms with van der Waals surface area (Å²) >= 11 is 5.74. The Morgan fingerprint density at radius 1 is 1.44 bits per heavy atom. The largest absolute Gasteiger partial charge is 0.206 e. The molecule has 0 radical (unpaired) electrons. The van der Waals surface area contributed by atoms with Crippen LogP contribution in [-0.4, -0.2) is 0 Å². The van der Waals surface area contributed by atoms with E-state index < -0.39 is 11.9 Å². The van der Waals surface area contributed by atoms with E-state index in [1.807, 2.05) is 0 Å². The van der Waals surface area contributed by atoms with Crippen LogP contribution in [0.15, 0.2) is 27.1 Å². The maximum absolute atomic E-state index is 12.9. The van der Waals surface area contributed by atoms with E-state index >= 15 is 0 Å². The molecule has 3 heteroatoms. The van der Waals surface area contributed by atoms with Crippen LogP contribution >= 0.6 is 31.9 Å². The third kappa shape index (κ3) is 1.76. The van der Waals surface area contributed by atoms with Crippen molar-refractivity contribution in [2.24, 2.45) is 0 Å². The summed E-state index contributed by atoms with van der Waals surface area (Å²) in [5, 5.41) is 0. The quantitative estimate of drug-likeness (QED) is 0.625. The van der Waals surface area contributed by atoms with Crippen LogP contribution in [0.4, 0.5) is 4.39 Å². The second-order valence-corrected chi connectivity index (χ2v) is 2.90. The first kappa shape index (κ1) is 4.09. The van der Waals surface area contributed by atoms with Gasteiger partial charge in [0.05, 0.1) is 8.58 Å². The van der Waals surface area contributed by atoms with E-state index in [2.05, 4.69) is 31.9 Å². The van der Waals surface area contributed by atoms with Crippen molar-refractivity contribution in [1.82, 2.24) is 0 Å². The van der Waals surface area contributed by atoms with Crippen molar-refractivity contribution in [2.45, 2.75) is 0 Å². The smallest absolute Gasteiger partial charge is 0.137 e. The van der Waals surface area contributed by atoms with Gasteiger partial charge < -0.3 is 0 Å². The molecule has 0 aliphatic carbocycles. The highest BCUT2D eigenvalue weighted by Gasteiger charge is 1.95. The summed E-state index contributed by atoms with van der Waals surface area (Å²) in [5.41, 5.74) is 0. The summed E-state index contributed by atoms with van der Waals surface area (Å²) in [6.07, 6.45) is 0. The first-order valence-corrected chi connectivity index (χ1v) is 3.65. The molecule has 0 aliphatic rings. The number of benzene rings is 1. The first-order chi connectivity index (χ1) is 5.46. The standard InChI is InChI=1S/C6H3Br2F/c7-4-1-2-6(9)5(8)3-4/h1-3H/i1D,2D,3D. The molecular weight excluding hydrogens is 251 g/mol. The molecule has 0 fully saturated rings. The van der Waals surface area contributed by atoms with Gasteiger partial charge in [-0.15, -0.1) is 0 Å². The maximum atomic E-state index is 12.9. The van der Waals surface area contributed by atoms with Gasteiger partial charge in [-0.05, 0) is 34.1 Å². The number of halogens is 3. The summed E-state index contributed by atoms with van der Waals surface area (Å²) < 4.78 is 34.6. The third-order valence-corrected chi connectivity index (χ3v) is 1.64. The molecule has 0 aromatic heterocycles. The summed E-state index contributed by atoms with van der Waals surface area (Å²) in [6, 6.07) is -0.959. The molecule has 1 rings (SSSR count). The Morgan fingerprint density at radius 2 is 2.11 bits per heavy atom. The molecule has 0 saturated carbocycles. The van der Waals surface area contributed by atoms with Gasteiger partial charge in [-0.2, -0.15) is 0 Å². The molecule has 0 saturated heterocycles. The van der Waals surface area contributed by atoms with Crippen molar-refractivity contribution in [2.75, 3.05) is 0 Å². The van der Waals surface area contributed by atoms with E-state index in [4.69, 9.17) is 4.11 Å². The van der Waals surface area contributed by atoms with Gasteiger partial charge in [-0.1, -0.05) is 15.9 Å². The summed E-state index contributed by atoms with van der Waals surface area (Å²) in [5.74, 6) is -0.867. The Bertz CT molecular complexity index is 235. The molecule has 48 valence electrons. The topological polar surface area (TPSA) is 0 Å². The summed E-state index contributed by atoms with van der Waals surface area (Å²) in [6.45, 7) is 0. The molecule has 9 heavy (non-hydrogen) atoms. The second-order valence-electron chi connectivity index (χ2n) is 1.32. The van der Waals surface area contributed by atoms with Gasteiger partial charge in [0.1, 0.15) is 5.82 Å². The van der Waals surface area contributed by atoms with Crippen molar-refractivity contribution < 1.29 is 8.50 Å². The highest BCUT2D eigenvalue weighted by Crippen LogP contribution is 2.19. The average molecular weight is 257 g/mol. The Hall–Kier alpha value is 0.110. The van der Waals surface area contributed by atoms with Crippen LogP contribution in [0.3, 0.4) is 0 Å². The number of hydrogen-bond donors (Lipinski definition) is 0. The fourth-order valence-electron chi connectivity index (χ4n) is 0.347. The SMILES string of the molecule is [2H]c1c([2H])c(Br)c([2H])c(Br)c1F. The molecule has 0 aliphatic heterocycles. The Kier molecular flexibility index (Phi) is 1.27. The predicted molar refractivity (Wildman–Crippen MR) is 41.8 cm³/mol. The van der Waals surface area contributed by atoms with Gasteiger partial charge >= 0.3 is 0 Å². The van der Waals surface area contributed by atoms with Gasteiger partial charge in [-0.25, -0.2) is 4.39 Å². The zero-order valence-electron chi connectivity index (χ0n) is 7.13. The number of hydrogen-bond acceptors (Lipinski definition) is 0. The van der Waals surface area contributed by atoms with Crippen LogP contribution in [0.2, 0.25) is 0 Å². The molecule has 0 bridgehead atoms. The Labute approximate surface area is 73.5 Å². The van der Waals surface area contributed by atoms with E-state index in [0.717, 1.165) is 0 Å². The molecule has 0 unspecified atom stereocenters. The molecular formula is C6H3Br2F. The second kappa shape index (κ2) is 2.80. The summed E-state index contributed by atoms with van der Waals surface area (Å²) in [4.78, 5) is 0. The maximum Gasteiger partial charge on any atom is 0.137 e. The molecule has 0 heterocycles. The van der Waals surface area contributed by atoms with Crippen molar-refractivity contribution in [3.63, 3.8) is 0 Å². The molecule has 1 aromatic carbocycles. The van der Waals surface area contributed by atoms with E-state index in [9.17, 15) is 4.39 Å². The van der Waals surface area contributed by atoms with Gasteiger partial charge in [0.25, 0.3) is 0 Å². The van der Waals surface area contributed by atoms with Crippen LogP contribution in [0.25, 0.3) is 0 Å². The minimum atomic E-state index is -0.867. The minimum Gasteiger partial charge on any atom is -0.206 e. The van der Waals surface area contributed by atoms with Crippen molar-refractivity contribution in [3.05, 3.63) is 32.9 Å². The third-order valence-electron chi connectivity index (χ3n) is 0.694. The lowest BCUT2D eigenvalue weighted by atomic mass is 10.4. The van der Waals surface area contributed by atoms with Crippen LogP contribution in [0, 0.1) is 5.82 Å². The van der Waals surface area contributed by atoms with Crippen LogP contribution in [-0.2, 0) is 0 Å². The van der Waals surface area contributed by atoms with Crippen LogP contribution in [0.5, 0.6) is 0 Å². The molecule has 0 nitrogen and oxygen atoms in total. The van der Waals surface area contributed by atoms with Gasteiger partial charge in [0.2, 0.25) is 0 Å². The van der Waals surface area contributed by atoms with E-state index in [1.54, 1.807) is 0 Å². The predicted octanol–water partition coefficient (Wildman–Crippen LogP) is 3.35. The van der Waals surface area contributed by atoms with E-state index in [1.165, 1.54) is 0 Å². The van der Waals surface area contributed by atoms with E-state index in [-0.39, 0.29) is 21.0 Å². The number of rotatable bonds is 0. The van der Waals surface area contributed by atoms with Crippen molar-refractivity contribution in [3.8, 4) is 0 Å². The minimum absolute atomic E-state index is 0.0876.